The lowest BCUT2D eigenvalue weighted by molar-refractivity contribution is -0.122. The molecule has 21 heavy (non-hydrogen) atoms. The highest BCUT2D eigenvalue weighted by atomic mass is 32.2. The van der Waals surface area contributed by atoms with E-state index in [4.69, 9.17) is 0 Å². The highest BCUT2D eigenvalue weighted by Gasteiger charge is 2.29. The number of hydrogen-bond acceptors (Lipinski definition) is 3. The maximum absolute atomic E-state index is 12.6. The van der Waals surface area contributed by atoms with Crippen molar-refractivity contribution in [2.75, 3.05) is 19.3 Å². The molecule has 1 aromatic rings. The Labute approximate surface area is 132 Å². The first-order valence-electron chi connectivity index (χ1n) is 7.77. The van der Waals surface area contributed by atoms with Crippen LogP contribution in [0.25, 0.3) is 0 Å². The Bertz CT molecular complexity index is 477. The van der Waals surface area contributed by atoms with Crippen molar-refractivity contribution in [2.24, 2.45) is 0 Å². The number of carbonyl (C=O) groups is 1. The van der Waals surface area contributed by atoms with E-state index in [1.165, 1.54) is 11.1 Å². The third-order valence-corrected chi connectivity index (χ3v) is 6.31. The van der Waals surface area contributed by atoms with Gasteiger partial charge in [0.05, 0.1) is 5.92 Å². The number of fused-ring (bicyclic) bond motifs is 1. The van der Waals surface area contributed by atoms with Crippen LogP contribution in [0.15, 0.2) is 24.3 Å². The fourth-order valence-corrected chi connectivity index (χ4v) is 3.76. The van der Waals surface area contributed by atoms with Crippen molar-refractivity contribution in [2.45, 2.75) is 43.9 Å². The molecule has 1 heterocycles. The summed E-state index contributed by atoms with van der Waals surface area (Å²) in [5, 5.41) is 6.53. The van der Waals surface area contributed by atoms with E-state index >= 15 is 0 Å². The lowest BCUT2D eigenvalue weighted by atomic mass is 9.90. The largest absolute Gasteiger partial charge is 0.354 e. The van der Waals surface area contributed by atoms with Gasteiger partial charge in [-0.2, -0.15) is 11.8 Å². The van der Waals surface area contributed by atoms with Crippen molar-refractivity contribution >= 4 is 17.7 Å². The minimum atomic E-state index is -0.0665. The van der Waals surface area contributed by atoms with Gasteiger partial charge >= 0.3 is 0 Å². The number of nitrogens with one attached hydrogen (secondary N) is 2. The molecular formula is C17H26N2OS. The van der Waals surface area contributed by atoms with Crippen LogP contribution in [0.3, 0.4) is 0 Å². The Morgan fingerprint density at radius 3 is 2.76 bits per heavy atom. The summed E-state index contributed by atoms with van der Waals surface area (Å²) >= 11 is 1.86. The molecule has 0 saturated heterocycles. The van der Waals surface area contributed by atoms with Gasteiger partial charge in [-0.05, 0) is 30.2 Å². The molecule has 2 N–H and O–H groups in total. The molecule has 0 saturated carbocycles. The van der Waals surface area contributed by atoms with Gasteiger partial charge in [-0.25, -0.2) is 0 Å². The van der Waals surface area contributed by atoms with Crippen LogP contribution in [-0.2, 0) is 11.3 Å². The first-order chi connectivity index (χ1) is 10.2. The third kappa shape index (κ3) is 3.61. The fraction of sp³-hybridized carbons (Fsp3) is 0.588. The minimum absolute atomic E-state index is 0.0665. The molecule has 4 heteroatoms. The standard InChI is InChI=1S/C17H26N2OS/c1-4-17(5-2,21-3)12-19-16(20)15-11-18-10-13-8-6-7-9-14(13)15/h6-9,15,18H,4-5,10-12H2,1-3H3,(H,19,20). The lowest BCUT2D eigenvalue weighted by Gasteiger charge is -2.32. The molecule has 1 unspecified atom stereocenters. The van der Waals surface area contributed by atoms with Crippen molar-refractivity contribution in [3.63, 3.8) is 0 Å². The van der Waals surface area contributed by atoms with E-state index in [9.17, 15) is 4.79 Å². The maximum atomic E-state index is 12.6. The third-order valence-electron chi connectivity index (χ3n) is 4.72. The molecule has 2 rings (SSSR count). The molecule has 0 spiro atoms. The Morgan fingerprint density at radius 1 is 1.38 bits per heavy atom. The van der Waals surface area contributed by atoms with Gasteiger partial charge in [-0.3, -0.25) is 4.79 Å². The second kappa shape index (κ2) is 7.32. The van der Waals surface area contributed by atoms with Crippen LogP contribution >= 0.6 is 11.8 Å². The van der Waals surface area contributed by atoms with Crippen LogP contribution in [0.1, 0.15) is 43.7 Å². The summed E-state index contributed by atoms with van der Waals surface area (Å²) < 4.78 is 0.164. The summed E-state index contributed by atoms with van der Waals surface area (Å²) in [6, 6.07) is 8.25. The molecule has 116 valence electrons. The van der Waals surface area contributed by atoms with Gasteiger partial charge in [0, 0.05) is 24.4 Å². The van der Waals surface area contributed by atoms with Gasteiger partial charge in [-0.1, -0.05) is 38.1 Å². The molecule has 0 aromatic heterocycles. The van der Waals surface area contributed by atoms with Crippen molar-refractivity contribution in [1.82, 2.24) is 10.6 Å². The SMILES string of the molecule is CCC(CC)(CNC(=O)C1CNCc2ccccc21)SC. The summed E-state index contributed by atoms with van der Waals surface area (Å²) in [6.45, 7) is 6.73. The van der Waals surface area contributed by atoms with E-state index in [0.717, 1.165) is 32.5 Å². The Balaban J connectivity index is 2.05. The molecule has 0 bridgehead atoms. The Kier molecular flexibility index (Phi) is 5.71. The van der Waals surface area contributed by atoms with Gasteiger partial charge < -0.3 is 10.6 Å². The van der Waals surface area contributed by atoms with Crippen LogP contribution < -0.4 is 10.6 Å². The van der Waals surface area contributed by atoms with E-state index in [2.05, 4.69) is 42.9 Å². The lowest BCUT2D eigenvalue weighted by Crippen LogP contribution is -2.44. The Hall–Kier alpha value is -1.00. The van der Waals surface area contributed by atoms with E-state index < -0.39 is 0 Å². The first kappa shape index (κ1) is 16.4. The molecule has 1 atom stereocenters. The number of thioether (sulfide) groups is 1. The first-order valence-corrected chi connectivity index (χ1v) is 8.99. The average molecular weight is 306 g/mol. The number of benzene rings is 1. The van der Waals surface area contributed by atoms with Crippen LogP contribution in [0.4, 0.5) is 0 Å². The van der Waals surface area contributed by atoms with Crippen LogP contribution in [-0.4, -0.2) is 30.0 Å². The molecule has 1 amide bonds. The second-order valence-corrected chi connectivity index (χ2v) is 6.97. The summed E-state index contributed by atoms with van der Waals surface area (Å²) in [7, 11) is 0. The molecule has 0 fully saturated rings. The van der Waals surface area contributed by atoms with E-state index in [0.29, 0.717) is 0 Å². The molecule has 0 aliphatic carbocycles. The molecular weight excluding hydrogens is 280 g/mol. The fourth-order valence-electron chi connectivity index (χ4n) is 2.96. The molecule has 0 radical (unpaired) electrons. The van der Waals surface area contributed by atoms with Gasteiger partial charge in [0.2, 0.25) is 5.91 Å². The van der Waals surface area contributed by atoms with Crippen molar-refractivity contribution in [3.05, 3.63) is 35.4 Å². The number of amides is 1. The average Bonchev–Trinajstić information content (AvgIpc) is 2.56. The van der Waals surface area contributed by atoms with Gasteiger partial charge in [0.25, 0.3) is 0 Å². The molecule has 1 aliphatic heterocycles. The number of carbonyl (C=O) groups excluding carboxylic acids is 1. The predicted molar refractivity (Wildman–Crippen MR) is 90.7 cm³/mol. The van der Waals surface area contributed by atoms with Crippen LogP contribution in [0, 0.1) is 0 Å². The van der Waals surface area contributed by atoms with Gasteiger partial charge in [0.15, 0.2) is 0 Å². The quantitative estimate of drug-likeness (QED) is 0.849. The predicted octanol–water partition coefficient (Wildman–Crippen LogP) is 2.91. The van der Waals surface area contributed by atoms with E-state index in [-0.39, 0.29) is 16.6 Å². The smallest absolute Gasteiger partial charge is 0.228 e. The van der Waals surface area contributed by atoms with E-state index in [1.807, 2.05) is 23.9 Å². The number of hydrogen-bond donors (Lipinski definition) is 2. The van der Waals surface area contributed by atoms with Crippen LogP contribution in [0.5, 0.6) is 0 Å². The zero-order chi connectivity index (χ0) is 15.3. The molecule has 3 nitrogen and oxygen atoms in total. The van der Waals surface area contributed by atoms with Crippen molar-refractivity contribution in [1.29, 1.82) is 0 Å². The highest BCUT2D eigenvalue weighted by Crippen LogP contribution is 2.30. The summed E-state index contributed by atoms with van der Waals surface area (Å²) in [4.78, 5) is 12.6. The zero-order valence-corrected chi connectivity index (χ0v) is 14.1. The minimum Gasteiger partial charge on any atom is -0.354 e. The Morgan fingerprint density at radius 2 is 2.10 bits per heavy atom. The maximum Gasteiger partial charge on any atom is 0.228 e. The second-order valence-electron chi connectivity index (χ2n) is 5.69. The molecule has 1 aliphatic rings. The summed E-state index contributed by atoms with van der Waals surface area (Å²) in [5.41, 5.74) is 2.42. The summed E-state index contributed by atoms with van der Waals surface area (Å²) in [5.74, 6) is 0.0817. The van der Waals surface area contributed by atoms with Crippen molar-refractivity contribution in [3.8, 4) is 0 Å². The molecule has 1 aromatic carbocycles. The topological polar surface area (TPSA) is 41.1 Å². The highest BCUT2D eigenvalue weighted by molar-refractivity contribution is 8.00. The van der Waals surface area contributed by atoms with Crippen molar-refractivity contribution < 1.29 is 4.79 Å². The normalized spacial score (nSPS) is 18.1. The van der Waals surface area contributed by atoms with Crippen LogP contribution in [0.2, 0.25) is 0 Å². The zero-order valence-electron chi connectivity index (χ0n) is 13.2. The number of rotatable bonds is 6. The van der Waals surface area contributed by atoms with Gasteiger partial charge in [-0.15, -0.1) is 0 Å². The van der Waals surface area contributed by atoms with Gasteiger partial charge in [0.1, 0.15) is 0 Å². The summed E-state index contributed by atoms with van der Waals surface area (Å²) in [6.07, 6.45) is 4.28. The monoisotopic (exact) mass is 306 g/mol. The van der Waals surface area contributed by atoms with E-state index in [1.54, 1.807) is 0 Å².